The third-order valence-corrected chi connectivity index (χ3v) is 5.22. The maximum absolute atomic E-state index is 12.7. The van der Waals surface area contributed by atoms with E-state index in [1.807, 2.05) is 13.0 Å². The second kappa shape index (κ2) is 9.07. The quantitative estimate of drug-likeness (QED) is 0.380. The van der Waals surface area contributed by atoms with E-state index in [4.69, 9.17) is 9.52 Å². The number of nitrogens with zero attached hydrogens (tertiary/aromatic N) is 1. The molecule has 0 spiro atoms. The molecule has 1 aliphatic rings. The number of carboxylic acid groups (broad SMARTS) is 1. The molecular weight excluding hydrogens is 438 g/mol. The van der Waals surface area contributed by atoms with Crippen LogP contribution in [0.1, 0.15) is 27.2 Å². The molecule has 0 saturated carbocycles. The summed E-state index contributed by atoms with van der Waals surface area (Å²) in [5.41, 5.74) is 3.09. The zero-order chi connectivity index (χ0) is 24.4. The van der Waals surface area contributed by atoms with Crippen molar-refractivity contribution in [2.24, 2.45) is 0 Å². The first kappa shape index (κ1) is 22.5. The van der Waals surface area contributed by atoms with Gasteiger partial charge in [-0.1, -0.05) is 18.2 Å². The van der Waals surface area contributed by atoms with Crippen molar-refractivity contribution in [1.29, 1.82) is 0 Å². The molecule has 9 nitrogen and oxygen atoms in total. The predicted octanol–water partition coefficient (Wildman–Crippen LogP) is 3.79. The standard InChI is InChI=1S/C25H21N3O6/c1-14-4-3-5-17(10-14)26-22(29)13-28-23(30)20(27-25(28)33)12-18-7-9-21(34-18)19-8-6-16(24(31)32)11-15(19)2/h3-12H,13H2,1-2H3,(H,26,29)(H,27,33)(H,31,32). The largest absolute Gasteiger partial charge is 0.478 e. The lowest BCUT2D eigenvalue weighted by molar-refractivity contribution is -0.127. The van der Waals surface area contributed by atoms with Crippen LogP contribution in [-0.2, 0) is 9.59 Å². The van der Waals surface area contributed by atoms with E-state index in [2.05, 4.69) is 10.6 Å². The lowest BCUT2D eigenvalue weighted by Crippen LogP contribution is -2.38. The monoisotopic (exact) mass is 459 g/mol. The third-order valence-electron chi connectivity index (χ3n) is 5.22. The maximum atomic E-state index is 12.7. The van der Waals surface area contributed by atoms with Crippen molar-refractivity contribution in [3.63, 3.8) is 0 Å². The number of anilines is 1. The molecule has 4 rings (SSSR count). The Kier molecular flexibility index (Phi) is 6.01. The number of urea groups is 1. The molecule has 2 heterocycles. The molecule has 172 valence electrons. The summed E-state index contributed by atoms with van der Waals surface area (Å²) in [5, 5.41) is 14.2. The van der Waals surface area contributed by atoms with Crippen LogP contribution >= 0.6 is 0 Å². The Morgan fingerprint density at radius 1 is 1.09 bits per heavy atom. The zero-order valence-corrected chi connectivity index (χ0v) is 18.4. The SMILES string of the molecule is Cc1cccc(NC(=O)CN2C(=O)NC(=Cc3ccc(-c4ccc(C(=O)O)cc4C)o3)C2=O)c1. The van der Waals surface area contributed by atoms with Gasteiger partial charge in [0.15, 0.2) is 0 Å². The van der Waals surface area contributed by atoms with Gasteiger partial charge in [-0.25, -0.2) is 14.5 Å². The van der Waals surface area contributed by atoms with Crippen molar-refractivity contribution in [2.45, 2.75) is 13.8 Å². The van der Waals surface area contributed by atoms with E-state index in [9.17, 15) is 19.2 Å². The van der Waals surface area contributed by atoms with E-state index in [1.165, 1.54) is 12.1 Å². The first-order chi connectivity index (χ1) is 16.2. The van der Waals surface area contributed by atoms with Gasteiger partial charge in [-0.05, 0) is 61.4 Å². The molecule has 0 unspecified atom stereocenters. The van der Waals surface area contributed by atoms with Gasteiger partial charge in [0.2, 0.25) is 5.91 Å². The van der Waals surface area contributed by atoms with Gasteiger partial charge >= 0.3 is 12.0 Å². The van der Waals surface area contributed by atoms with Gasteiger partial charge in [0.1, 0.15) is 23.8 Å². The van der Waals surface area contributed by atoms with Crippen LogP contribution in [0.5, 0.6) is 0 Å². The molecule has 0 radical (unpaired) electrons. The van der Waals surface area contributed by atoms with Crippen LogP contribution in [0, 0.1) is 13.8 Å². The van der Waals surface area contributed by atoms with Gasteiger partial charge in [-0.3, -0.25) is 9.59 Å². The zero-order valence-electron chi connectivity index (χ0n) is 18.4. The number of hydrogen-bond donors (Lipinski definition) is 3. The molecule has 0 bridgehead atoms. The van der Waals surface area contributed by atoms with Crippen LogP contribution in [0.4, 0.5) is 10.5 Å². The number of imide groups is 1. The minimum atomic E-state index is -1.02. The molecular formula is C25H21N3O6. The molecule has 2 aromatic carbocycles. The van der Waals surface area contributed by atoms with Gasteiger partial charge < -0.3 is 20.2 Å². The number of furan rings is 1. The molecule has 0 aliphatic carbocycles. The number of amides is 4. The fourth-order valence-corrected chi connectivity index (χ4v) is 3.57. The van der Waals surface area contributed by atoms with Crippen molar-refractivity contribution < 1.29 is 28.7 Å². The van der Waals surface area contributed by atoms with Gasteiger partial charge in [-0.2, -0.15) is 0 Å². The number of carboxylic acids is 1. The van der Waals surface area contributed by atoms with Gasteiger partial charge in [-0.15, -0.1) is 0 Å². The fraction of sp³-hybridized carbons (Fsp3) is 0.120. The Hall–Kier alpha value is -4.66. The minimum absolute atomic E-state index is 0.0211. The molecule has 0 atom stereocenters. The highest BCUT2D eigenvalue weighted by atomic mass is 16.4. The lowest BCUT2D eigenvalue weighted by atomic mass is 10.0. The highest BCUT2D eigenvalue weighted by molar-refractivity contribution is 6.15. The van der Waals surface area contributed by atoms with E-state index in [0.29, 0.717) is 28.3 Å². The highest BCUT2D eigenvalue weighted by Gasteiger charge is 2.35. The first-order valence-corrected chi connectivity index (χ1v) is 10.4. The second-order valence-electron chi connectivity index (χ2n) is 7.83. The van der Waals surface area contributed by atoms with E-state index in [-0.39, 0.29) is 11.3 Å². The van der Waals surface area contributed by atoms with E-state index < -0.39 is 30.4 Å². The summed E-state index contributed by atoms with van der Waals surface area (Å²) in [6, 6.07) is 14.4. The number of nitrogens with one attached hydrogen (secondary N) is 2. The van der Waals surface area contributed by atoms with Crippen LogP contribution in [0.25, 0.3) is 17.4 Å². The average molecular weight is 459 g/mol. The van der Waals surface area contributed by atoms with Crippen molar-refractivity contribution in [3.8, 4) is 11.3 Å². The van der Waals surface area contributed by atoms with Crippen LogP contribution in [0.15, 0.2) is 64.7 Å². The molecule has 1 aliphatic heterocycles. The molecule has 3 N–H and O–H groups in total. The summed E-state index contributed by atoms with van der Waals surface area (Å²) in [6.45, 7) is 3.22. The summed E-state index contributed by atoms with van der Waals surface area (Å²) in [7, 11) is 0. The summed E-state index contributed by atoms with van der Waals surface area (Å²) < 4.78 is 5.78. The average Bonchev–Trinajstić information content (AvgIpc) is 3.34. The van der Waals surface area contributed by atoms with Crippen LogP contribution in [-0.4, -0.2) is 40.4 Å². The van der Waals surface area contributed by atoms with Crippen LogP contribution in [0.3, 0.4) is 0 Å². The smallest absolute Gasteiger partial charge is 0.335 e. The number of hydrogen-bond acceptors (Lipinski definition) is 5. The number of aryl methyl sites for hydroxylation is 2. The first-order valence-electron chi connectivity index (χ1n) is 10.4. The summed E-state index contributed by atoms with van der Waals surface area (Å²) in [4.78, 5) is 49.2. The highest BCUT2D eigenvalue weighted by Crippen LogP contribution is 2.27. The van der Waals surface area contributed by atoms with E-state index >= 15 is 0 Å². The summed E-state index contributed by atoms with van der Waals surface area (Å²) in [5.74, 6) is -1.38. The van der Waals surface area contributed by atoms with Gasteiger partial charge in [0, 0.05) is 17.3 Å². The van der Waals surface area contributed by atoms with Crippen LogP contribution in [0.2, 0.25) is 0 Å². The summed E-state index contributed by atoms with van der Waals surface area (Å²) >= 11 is 0. The minimum Gasteiger partial charge on any atom is -0.478 e. The van der Waals surface area contributed by atoms with Gasteiger partial charge in [0.25, 0.3) is 5.91 Å². The molecule has 1 saturated heterocycles. The maximum Gasteiger partial charge on any atom is 0.335 e. The second-order valence-corrected chi connectivity index (χ2v) is 7.83. The molecule has 9 heteroatoms. The molecule has 34 heavy (non-hydrogen) atoms. The molecule has 3 aromatic rings. The summed E-state index contributed by atoms with van der Waals surface area (Å²) in [6.07, 6.45) is 1.38. The number of carbonyl (C=O) groups is 4. The Labute approximate surface area is 194 Å². The van der Waals surface area contributed by atoms with Crippen molar-refractivity contribution in [2.75, 3.05) is 11.9 Å². The lowest BCUT2D eigenvalue weighted by Gasteiger charge is -2.12. The molecule has 4 amide bonds. The van der Waals surface area contributed by atoms with E-state index in [0.717, 1.165) is 10.5 Å². The predicted molar refractivity (Wildman–Crippen MR) is 124 cm³/mol. The third kappa shape index (κ3) is 4.73. The van der Waals surface area contributed by atoms with Crippen molar-refractivity contribution in [3.05, 3.63) is 82.7 Å². The Morgan fingerprint density at radius 2 is 1.88 bits per heavy atom. The topological polar surface area (TPSA) is 129 Å². The number of benzene rings is 2. The van der Waals surface area contributed by atoms with Crippen molar-refractivity contribution >= 4 is 35.6 Å². The van der Waals surface area contributed by atoms with Crippen molar-refractivity contribution in [1.82, 2.24) is 10.2 Å². The Morgan fingerprint density at radius 3 is 2.59 bits per heavy atom. The Balaban J connectivity index is 1.47. The van der Waals surface area contributed by atoms with Gasteiger partial charge in [0.05, 0.1) is 5.56 Å². The number of aromatic carboxylic acids is 1. The molecule has 1 aromatic heterocycles. The number of rotatable bonds is 6. The van der Waals surface area contributed by atoms with E-state index in [1.54, 1.807) is 49.4 Å². The Bertz CT molecular complexity index is 1350. The normalized spacial score (nSPS) is 14.4. The van der Waals surface area contributed by atoms with Crippen LogP contribution < -0.4 is 10.6 Å². The molecule has 1 fully saturated rings. The fourth-order valence-electron chi connectivity index (χ4n) is 3.57. The number of carbonyl (C=O) groups excluding carboxylic acids is 3.